The average molecular weight is 381 g/mol. The van der Waals surface area contributed by atoms with E-state index in [1.54, 1.807) is 41.8 Å². The first-order valence-corrected chi connectivity index (χ1v) is 8.68. The Bertz CT molecular complexity index is 732. The molecule has 0 unspecified atom stereocenters. The zero-order chi connectivity index (χ0) is 18.2. The first kappa shape index (κ1) is 19.0. The Labute approximate surface area is 154 Å². The second-order valence-electron chi connectivity index (χ2n) is 5.11. The van der Waals surface area contributed by atoms with Gasteiger partial charge in [0.25, 0.3) is 5.91 Å². The molecule has 0 aliphatic heterocycles. The number of hydrogen-bond donors (Lipinski definition) is 2. The summed E-state index contributed by atoms with van der Waals surface area (Å²) < 4.78 is 4.67. The van der Waals surface area contributed by atoms with Gasteiger partial charge in [0.1, 0.15) is 0 Å². The Morgan fingerprint density at radius 3 is 2.52 bits per heavy atom. The minimum absolute atomic E-state index is 0.0251. The van der Waals surface area contributed by atoms with Gasteiger partial charge in [-0.1, -0.05) is 29.8 Å². The minimum atomic E-state index is -0.573. The van der Waals surface area contributed by atoms with Crippen LogP contribution >= 0.6 is 22.9 Å². The number of esters is 1. The van der Waals surface area contributed by atoms with Gasteiger partial charge in [-0.3, -0.25) is 14.4 Å². The van der Waals surface area contributed by atoms with Crippen LogP contribution in [0.3, 0.4) is 0 Å². The van der Waals surface area contributed by atoms with Gasteiger partial charge in [0.15, 0.2) is 0 Å². The number of halogens is 1. The molecule has 1 atom stereocenters. The number of methoxy groups -OCH3 is 1. The summed E-state index contributed by atoms with van der Waals surface area (Å²) in [6.07, 6.45) is -0.0251. The molecule has 6 nitrogen and oxygen atoms in total. The zero-order valence-corrected chi connectivity index (χ0v) is 15.0. The number of nitrogens with one attached hydrogen (secondary N) is 2. The van der Waals surface area contributed by atoms with E-state index in [2.05, 4.69) is 15.4 Å². The van der Waals surface area contributed by atoms with Crippen LogP contribution in [0.1, 0.15) is 27.7 Å². The van der Waals surface area contributed by atoms with Crippen LogP contribution in [0.15, 0.2) is 41.8 Å². The van der Waals surface area contributed by atoms with Crippen molar-refractivity contribution in [3.8, 4) is 0 Å². The molecule has 1 aromatic heterocycles. The van der Waals surface area contributed by atoms with E-state index >= 15 is 0 Å². The summed E-state index contributed by atoms with van der Waals surface area (Å²) in [5, 5.41) is 7.60. The molecule has 0 radical (unpaired) electrons. The molecule has 0 aliphatic carbocycles. The quantitative estimate of drug-likeness (QED) is 0.723. The number of ether oxygens (including phenoxy) is 1. The predicted octanol–water partition coefficient (Wildman–Crippen LogP) is 2.55. The Morgan fingerprint density at radius 1 is 1.20 bits per heavy atom. The third kappa shape index (κ3) is 5.88. The molecular formula is C17H17ClN2O4S. The van der Waals surface area contributed by atoms with Gasteiger partial charge in [-0.05, 0) is 29.1 Å². The number of thiophene rings is 1. The van der Waals surface area contributed by atoms with E-state index in [0.717, 1.165) is 0 Å². The number of benzene rings is 1. The summed E-state index contributed by atoms with van der Waals surface area (Å²) in [5.41, 5.74) is 0.715. The summed E-state index contributed by atoms with van der Waals surface area (Å²) in [6, 6.07) is 9.65. The van der Waals surface area contributed by atoms with Gasteiger partial charge >= 0.3 is 5.97 Å². The Hall–Kier alpha value is -2.38. The summed E-state index contributed by atoms with van der Waals surface area (Å²) in [6.45, 7) is -0.192. The minimum Gasteiger partial charge on any atom is -0.469 e. The highest BCUT2D eigenvalue weighted by molar-refractivity contribution is 7.12. The van der Waals surface area contributed by atoms with Crippen LogP contribution in [-0.4, -0.2) is 31.4 Å². The molecule has 8 heteroatoms. The van der Waals surface area contributed by atoms with Gasteiger partial charge in [0, 0.05) is 5.02 Å². The van der Waals surface area contributed by atoms with Crippen molar-refractivity contribution < 1.29 is 19.1 Å². The lowest BCUT2D eigenvalue weighted by Crippen LogP contribution is -2.39. The van der Waals surface area contributed by atoms with Crippen LogP contribution < -0.4 is 10.6 Å². The van der Waals surface area contributed by atoms with Crippen molar-refractivity contribution >= 4 is 40.7 Å². The molecule has 2 aromatic rings. The van der Waals surface area contributed by atoms with E-state index in [9.17, 15) is 14.4 Å². The van der Waals surface area contributed by atoms with E-state index in [1.807, 2.05) is 0 Å². The van der Waals surface area contributed by atoms with Crippen molar-refractivity contribution in [1.82, 2.24) is 10.6 Å². The monoisotopic (exact) mass is 380 g/mol. The highest BCUT2D eigenvalue weighted by Crippen LogP contribution is 2.20. The molecule has 0 spiro atoms. The average Bonchev–Trinajstić information content (AvgIpc) is 3.14. The fraction of sp³-hybridized carbons (Fsp3) is 0.235. The van der Waals surface area contributed by atoms with Gasteiger partial charge in [0.05, 0.1) is 31.0 Å². The van der Waals surface area contributed by atoms with Crippen molar-refractivity contribution in [3.63, 3.8) is 0 Å². The first-order chi connectivity index (χ1) is 12.0. The van der Waals surface area contributed by atoms with Crippen LogP contribution in [0.25, 0.3) is 0 Å². The third-order valence-corrected chi connectivity index (χ3v) is 4.48. The van der Waals surface area contributed by atoms with Crippen molar-refractivity contribution in [3.05, 3.63) is 57.2 Å². The van der Waals surface area contributed by atoms with Gasteiger partial charge in [-0.25, -0.2) is 0 Å². The highest BCUT2D eigenvalue weighted by atomic mass is 35.5. The van der Waals surface area contributed by atoms with Crippen LogP contribution in [0, 0.1) is 0 Å². The van der Waals surface area contributed by atoms with E-state index in [1.165, 1.54) is 18.4 Å². The molecule has 1 aromatic carbocycles. The first-order valence-electron chi connectivity index (χ1n) is 7.43. The van der Waals surface area contributed by atoms with E-state index < -0.39 is 17.9 Å². The second kappa shape index (κ2) is 9.19. The molecule has 25 heavy (non-hydrogen) atoms. The fourth-order valence-electron chi connectivity index (χ4n) is 2.10. The highest BCUT2D eigenvalue weighted by Gasteiger charge is 2.19. The molecule has 2 N–H and O–H groups in total. The predicted molar refractivity (Wildman–Crippen MR) is 95.6 cm³/mol. The standard InChI is InChI=1S/C17H17ClN2O4S/c1-24-16(22)9-13(11-4-6-12(18)7-5-11)20-15(21)10-19-17(23)14-3-2-8-25-14/h2-8,13H,9-10H2,1H3,(H,19,23)(H,20,21)/t13-/m1/s1. The Balaban J connectivity index is 1.97. The molecule has 0 fully saturated rings. The van der Waals surface area contributed by atoms with E-state index in [0.29, 0.717) is 15.5 Å². The summed E-state index contributed by atoms with van der Waals surface area (Å²) in [4.78, 5) is 36.1. The lowest BCUT2D eigenvalue weighted by molar-refractivity contribution is -0.141. The number of rotatable bonds is 7. The van der Waals surface area contributed by atoms with Crippen LogP contribution in [0.4, 0.5) is 0 Å². The van der Waals surface area contributed by atoms with Crippen molar-refractivity contribution in [2.24, 2.45) is 0 Å². The molecule has 0 saturated carbocycles. The maximum atomic E-state index is 12.1. The van der Waals surface area contributed by atoms with E-state index in [-0.39, 0.29) is 18.9 Å². The number of hydrogen-bond acceptors (Lipinski definition) is 5. The molecule has 2 rings (SSSR count). The summed E-state index contributed by atoms with van der Waals surface area (Å²) in [7, 11) is 1.28. The number of carbonyl (C=O) groups excluding carboxylic acids is 3. The maximum absolute atomic E-state index is 12.1. The third-order valence-electron chi connectivity index (χ3n) is 3.36. The van der Waals surface area contributed by atoms with Crippen molar-refractivity contribution in [2.75, 3.05) is 13.7 Å². The second-order valence-corrected chi connectivity index (χ2v) is 6.50. The summed E-state index contributed by atoms with van der Waals surface area (Å²) >= 11 is 7.15. The molecule has 0 aliphatic rings. The lowest BCUT2D eigenvalue weighted by Gasteiger charge is -2.18. The molecular weight excluding hydrogens is 364 g/mol. The van der Waals surface area contributed by atoms with Crippen molar-refractivity contribution in [1.29, 1.82) is 0 Å². The maximum Gasteiger partial charge on any atom is 0.307 e. The summed E-state index contributed by atoms with van der Waals surface area (Å²) in [5.74, 6) is -1.18. The largest absolute Gasteiger partial charge is 0.469 e. The Kier molecular flexibility index (Phi) is 6.97. The van der Waals surface area contributed by atoms with Crippen LogP contribution in [0.5, 0.6) is 0 Å². The van der Waals surface area contributed by atoms with Crippen LogP contribution in [0.2, 0.25) is 5.02 Å². The molecule has 132 valence electrons. The van der Waals surface area contributed by atoms with Crippen LogP contribution in [-0.2, 0) is 14.3 Å². The Morgan fingerprint density at radius 2 is 1.92 bits per heavy atom. The SMILES string of the molecule is COC(=O)C[C@@H](NC(=O)CNC(=O)c1cccs1)c1ccc(Cl)cc1. The fourth-order valence-corrected chi connectivity index (χ4v) is 2.86. The zero-order valence-electron chi connectivity index (χ0n) is 13.5. The van der Waals surface area contributed by atoms with Gasteiger partial charge in [-0.2, -0.15) is 0 Å². The van der Waals surface area contributed by atoms with Crippen molar-refractivity contribution in [2.45, 2.75) is 12.5 Å². The van der Waals surface area contributed by atoms with Gasteiger partial charge in [-0.15, -0.1) is 11.3 Å². The topological polar surface area (TPSA) is 84.5 Å². The normalized spacial score (nSPS) is 11.4. The lowest BCUT2D eigenvalue weighted by atomic mass is 10.0. The number of amides is 2. The molecule has 2 amide bonds. The van der Waals surface area contributed by atoms with E-state index in [4.69, 9.17) is 11.6 Å². The van der Waals surface area contributed by atoms with Gasteiger partial charge < -0.3 is 15.4 Å². The molecule has 0 saturated heterocycles. The molecule has 0 bridgehead atoms. The van der Waals surface area contributed by atoms with Gasteiger partial charge in [0.2, 0.25) is 5.91 Å². The smallest absolute Gasteiger partial charge is 0.307 e. The number of carbonyl (C=O) groups is 3. The molecule has 1 heterocycles.